The molecular weight excluding hydrogens is 265 g/mol. The molecule has 6 heteroatoms. The first-order valence-corrected chi connectivity index (χ1v) is 6.47. The zero-order valence-corrected chi connectivity index (χ0v) is 11.8. The van der Waals surface area contributed by atoms with Crippen molar-refractivity contribution >= 4 is 0 Å². The monoisotopic (exact) mass is 287 g/mol. The van der Waals surface area contributed by atoms with Gasteiger partial charge in [0.15, 0.2) is 0 Å². The molecule has 2 atom stereocenters. The summed E-state index contributed by atoms with van der Waals surface area (Å²) in [6, 6.07) is 3.78. The zero-order chi connectivity index (χ0) is 15.0. The summed E-state index contributed by atoms with van der Waals surface area (Å²) >= 11 is 0. The van der Waals surface area contributed by atoms with Crippen LogP contribution in [0.15, 0.2) is 18.2 Å². The first-order valence-electron chi connectivity index (χ1n) is 6.47. The van der Waals surface area contributed by atoms with Crippen molar-refractivity contribution in [2.24, 2.45) is 5.73 Å². The molecule has 0 aliphatic heterocycles. The highest BCUT2D eigenvalue weighted by Crippen LogP contribution is 2.24. The fourth-order valence-electron chi connectivity index (χ4n) is 1.60. The lowest BCUT2D eigenvalue weighted by Crippen LogP contribution is -2.25. The van der Waals surface area contributed by atoms with Gasteiger partial charge < -0.3 is 25.1 Å². The van der Waals surface area contributed by atoms with Crippen molar-refractivity contribution in [2.45, 2.75) is 19.1 Å². The predicted octanol–water partition coefficient (Wildman–Crippen LogP) is 1.25. The van der Waals surface area contributed by atoms with E-state index in [4.69, 9.17) is 19.9 Å². The van der Waals surface area contributed by atoms with E-state index in [1.807, 2.05) is 0 Å². The van der Waals surface area contributed by atoms with Crippen LogP contribution in [0.2, 0.25) is 0 Å². The van der Waals surface area contributed by atoms with Gasteiger partial charge >= 0.3 is 0 Å². The van der Waals surface area contributed by atoms with Crippen molar-refractivity contribution in [3.8, 4) is 5.75 Å². The first kappa shape index (κ1) is 16.8. The Balaban J connectivity index is 2.44. The molecule has 0 amide bonds. The van der Waals surface area contributed by atoms with Gasteiger partial charge in [-0.2, -0.15) is 0 Å². The Bertz CT molecular complexity index is 401. The molecule has 20 heavy (non-hydrogen) atoms. The highest BCUT2D eigenvalue weighted by Gasteiger charge is 2.12. The van der Waals surface area contributed by atoms with Gasteiger partial charge in [0.25, 0.3) is 0 Å². The number of hydrogen-bond donors (Lipinski definition) is 2. The highest BCUT2D eigenvalue weighted by atomic mass is 19.1. The van der Waals surface area contributed by atoms with Gasteiger partial charge in [0.1, 0.15) is 24.3 Å². The molecule has 1 rings (SSSR count). The summed E-state index contributed by atoms with van der Waals surface area (Å²) in [7, 11) is 1.58. The van der Waals surface area contributed by atoms with Crippen LogP contribution in [0.1, 0.15) is 18.5 Å². The van der Waals surface area contributed by atoms with E-state index in [0.717, 1.165) is 0 Å². The number of aliphatic hydroxyl groups excluding tert-OH is 1. The van der Waals surface area contributed by atoms with Gasteiger partial charge in [-0.15, -0.1) is 0 Å². The third kappa shape index (κ3) is 5.83. The van der Waals surface area contributed by atoms with Gasteiger partial charge in [-0.25, -0.2) is 4.39 Å². The van der Waals surface area contributed by atoms with E-state index in [1.165, 1.54) is 18.2 Å². The topological polar surface area (TPSA) is 73.9 Å². The third-order valence-electron chi connectivity index (χ3n) is 2.64. The van der Waals surface area contributed by atoms with Crippen LogP contribution in [-0.4, -0.2) is 44.7 Å². The number of hydrogen-bond acceptors (Lipinski definition) is 5. The van der Waals surface area contributed by atoms with E-state index >= 15 is 0 Å². The van der Waals surface area contributed by atoms with Crippen molar-refractivity contribution in [1.82, 2.24) is 0 Å². The SMILES string of the molecule is COCCOCC(O)COc1ccc(F)cc1[C@H](C)N. The molecule has 114 valence electrons. The smallest absolute Gasteiger partial charge is 0.124 e. The fourth-order valence-corrected chi connectivity index (χ4v) is 1.60. The summed E-state index contributed by atoms with van der Waals surface area (Å²) in [6.45, 7) is 2.83. The number of rotatable bonds is 9. The van der Waals surface area contributed by atoms with Crippen molar-refractivity contribution in [3.63, 3.8) is 0 Å². The maximum atomic E-state index is 13.2. The normalized spacial score (nSPS) is 14.1. The molecule has 5 nitrogen and oxygen atoms in total. The second-order valence-electron chi connectivity index (χ2n) is 4.50. The van der Waals surface area contributed by atoms with Gasteiger partial charge in [0.2, 0.25) is 0 Å². The summed E-state index contributed by atoms with van der Waals surface area (Å²) in [6.07, 6.45) is -0.766. The zero-order valence-electron chi connectivity index (χ0n) is 11.8. The molecule has 0 aromatic heterocycles. The summed E-state index contributed by atoms with van der Waals surface area (Å²) in [5.41, 5.74) is 6.32. The molecule has 3 N–H and O–H groups in total. The Morgan fingerprint density at radius 3 is 2.70 bits per heavy atom. The lowest BCUT2D eigenvalue weighted by Gasteiger charge is -2.16. The van der Waals surface area contributed by atoms with Crippen LogP contribution in [-0.2, 0) is 9.47 Å². The molecule has 0 bridgehead atoms. The van der Waals surface area contributed by atoms with Crippen LogP contribution in [0.5, 0.6) is 5.75 Å². The summed E-state index contributed by atoms with van der Waals surface area (Å²) < 4.78 is 28.6. The average Bonchev–Trinajstić information content (AvgIpc) is 2.42. The number of ether oxygens (including phenoxy) is 3. The third-order valence-corrected chi connectivity index (χ3v) is 2.64. The molecular formula is C14H22FNO4. The van der Waals surface area contributed by atoms with Crippen molar-refractivity contribution in [1.29, 1.82) is 0 Å². The Morgan fingerprint density at radius 2 is 2.05 bits per heavy atom. The second-order valence-corrected chi connectivity index (χ2v) is 4.50. The van der Waals surface area contributed by atoms with Crippen molar-refractivity contribution in [3.05, 3.63) is 29.6 Å². The van der Waals surface area contributed by atoms with E-state index < -0.39 is 6.10 Å². The molecule has 1 aromatic rings. The minimum absolute atomic E-state index is 0.0539. The van der Waals surface area contributed by atoms with Crippen LogP contribution >= 0.6 is 0 Å². The number of methoxy groups -OCH3 is 1. The molecule has 1 aromatic carbocycles. The maximum absolute atomic E-state index is 13.2. The largest absolute Gasteiger partial charge is 0.490 e. The quantitative estimate of drug-likeness (QED) is 0.669. The molecule has 0 heterocycles. The van der Waals surface area contributed by atoms with Crippen LogP contribution in [0.4, 0.5) is 4.39 Å². The Labute approximate surface area is 118 Å². The predicted molar refractivity (Wildman–Crippen MR) is 73.2 cm³/mol. The van der Waals surface area contributed by atoms with Crippen LogP contribution < -0.4 is 10.5 Å². The van der Waals surface area contributed by atoms with Gasteiger partial charge in [-0.1, -0.05) is 0 Å². The van der Waals surface area contributed by atoms with E-state index in [-0.39, 0.29) is 25.1 Å². The molecule has 1 unspecified atom stereocenters. The number of halogens is 1. The average molecular weight is 287 g/mol. The van der Waals surface area contributed by atoms with Crippen molar-refractivity contribution < 1.29 is 23.7 Å². The van der Waals surface area contributed by atoms with Crippen LogP contribution in [0, 0.1) is 5.82 Å². The molecule has 0 saturated carbocycles. The number of benzene rings is 1. The summed E-state index contributed by atoms with van der Waals surface area (Å²) in [4.78, 5) is 0. The lowest BCUT2D eigenvalue weighted by molar-refractivity contribution is -0.00436. The second kappa shape index (κ2) is 8.86. The number of nitrogens with two attached hydrogens (primary N) is 1. The molecule has 0 aliphatic rings. The Kier molecular flexibility index (Phi) is 7.46. The van der Waals surface area contributed by atoms with Gasteiger partial charge in [-0.3, -0.25) is 0 Å². The Hall–Kier alpha value is -1.21. The van der Waals surface area contributed by atoms with Gasteiger partial charge in [-0.05, 0) is 25.1 Å². The summed E-state index contributed by atoms with van der Waals surface area (Å²) in [5.74, 6) is 0.102. The van der Waals surface area contributed by atoms with Crippen LogP contribution in [0.25, 0.3) is 0 Å². The maximum Gasteiger partial charge on any atom is 0.124 e. The van der Waals surface area contributed by atoms with Crippen molar-refractivity contribution in [2.75, 3.05) is 33.5 Å². The fraction of sp³-hybridized carbons (Fsp3) is 0.571. The lowest BCUT2D eigenvalue weighted by atomic mass is 10.1. The molecule has 0 radical (unpaired) electrons. The first-order chi connectivity index (χ1) is 9.54. The molecule has 0 aliphatic carbocycles. The summed E-state index contributed by atoms with van der Waals surface area (Å²) in [5, 5.41) is 9.70. The van der Waals surface area contributed by atoms with E-state index in [1.54, 1.807) is 14.0 Å². The highest BCUT2D eigenvalue weighted by molar-refractivity contribution is 5.36. The van der Waals surface area contributed by atoms with E-state index in [2.05, 4.69) is 0 Å². The minimum atomic E-state index is -0.766. The van der Waals surface area contributed by atoms with Gasteiger partial charge in [0, 0.05) is 18.7 Å². The Morgan fingerprint density at radius 1 is 1.30 bits per heavy atom. The number of aliphatic hydroxyl groups is 1. The molecule has 0 saturated heterocycles. The van der Waals surface area contributed by atoms with Crippen LogP contribution in [0.3, 0.4) is 0 Å². The van der Waals surface area contributed by atoms with Gasteiger partial charge in [0.05, 0.1) is 19.8 Å². The van der Waals surface area contributed by atoms with E-state index in [9.17, 15) is 9.50 Å². The standard InChI is InChI=1S/C14H22FNO4/c1-10(16)13-7-11(15)3-4-14(13)20-9-12(17)8-19-6-5-18-2/h3-4,7,10,12,17H,5-6,8-9,16H2,1-2H3/t10-,12?/m0/s1. The molecule has 0 spiro atoms. The molecule has 0 fully saturated rings. The van der Waals surface area contributed by atoms with E-state index in [0.29, 0.717) is 24.5 Å². The minimum Gasteiger partial charge on any atom is -0.490 e.